The first-order chi connectivity index (χ1) is 15.8. The van der Waals surface area contributed by atoms with Crippen LogP contribution in [-0.2, 0) is 14.3 Å². The summed E-state index contributed by atoms with van der Waals surface area (Å²) < 4.78 is 5.96. The second-order valence-corrected chi connectivity index (χ2v) is 9.93. The van der Waals surface area contributed by atoms with E-state index in [2.05, 4.69) is 15.3 Å². The number of halogens is 1. The van der Waals surface area contributed by atoms with E-state index in [4.69, 9.17) is 16.3 Å². The normalized spacial score (nSPS) is 21.1. The third kappa shape index (κ3) is 4.43. The average molecular weight is 470 g/mol. The Hall–Kier alpha value is -2.68. The molecule has 2 fully saturated rings. The van der Waals surface area contributed by atoms with Crippen LogP contribution >= 0.6 is 11.6 Å². The van der Waals surface area contributed by atoms with E-state index >= 15 is 0 Å². The second-order valence-electron chi connectivity index (χ2n) is 9.49. The zero-order chi connectivity index (χ0) is 23.2. The van der Waals surface area contributed by atoms with Crippen LogP contribution in [-0.4, -0.2) is 76.0 Å². The zero-order valence-corrected chi connectivity index (χ0v) is 19.6. The van der Waals surface area contributed by atoms with Gasteiger partial charge in [-0.05, 0) is 44.9 Å². The van der Waals surface area contributed by atoms with E-state index in [1.807, 2.05) is 35.8 Å². The molecule has 8 nitrogen and oxygen atoms in total. The fraction of sp³-hybridized carbons (Fsp3) is 0.458. The molecular weight excluding hydrogens is 442 g/mol. The molecule has 2 aromatic heterocycles. The maximum atomic E-state index is 13.4. The van der Waals surface area contributed by atoms with E-state index in [0.717, 1.165) is 47.7 Å². The Balaban J connectivity index is 1.41. The molecule has 2 aliphatic heterocycles. The lowest BCUT2D eigenvalue weighted by Gasteiger charge is -2.42. The first-order valence-corrected chi connectivity index (χ1v) is 11.7. The summed E-state index contributed by atoms with van der Waals surface area (Å²) in [5.41, 5.74) is 1.81. The molecule has 2 amide bonds. The number of aromatic nitrogens is 2. The number of carbonyl (C=O) groups is 2. The third-order valence-electron chi connectivity index (χ3n) is 6.49. The van der Waals surface area contributed by atoms with Crippen LogP contribution in [0.1, 0.15) is 26.7 Å². The van der Waals surface area contributed by atoms with Gasteiger partial charge in [-0.25, -0.2) is 0 Å². The van der Waals surface area contributed by atoms with Crippen LogP contribution in [0.2, 0.25) is 5.02 Å². The molecule has 2 N–H and O–H groups in total. The highest BCUT2D eigenvalue weighted by Crippen LogP contribution is 2.33. The van der Waals surface area contributed by atoms with Crippen molar-refractivity contribution in [2.75, 3.05) is 38.1 Å². The minimum atomic E-state index is -0.579. The Kier molecular flexibility index (Phi) is 5.76. The van der Waals surface area contributed by atoms with Crippen LogP contribution in [0.3, 0.4) is 0 Å². The number of H-pyrrole nitrogens is 1. The zero-order valence-electron chi connectivity index (χ0n) is 18.9. The molecule has 1 aromatic carbocycles. The average Bonchev–Trinajstić information content (AvgIpc) is 3.42. The standard InChI is InChI=1S/C24H28ClN5O3/c1-24(2)14-30(12-21(31)29-7-3-4-8-29)20(13-33-24)23(32)28-18-10-15(25)9-17-16-5-6-26-11-19(16)27-22(17)18/h5-6,9-11,20,27H,3-4,7-8,12-14H2,1-2H3,(H,28,32). The Morgan fingerprint density at radius 2 is 2.06 bits per heavy atom. The minimum Gasteiger partial charge on any atom is -0.372 e. The minimum absolute atomic E-state index is 0.0660. The number of likely N-dealkylation sites (tertiary alicyclic amines) is 1. The lowest BCUT2D eigenvalue weighted by molar-refractivity contribution is -0.149. The monoisotopic (exact) mass is 469 g/mol. The molecule has 5 rings (SSSR count). The quantitative estimate of drug-likeness (QED) is 0.611. The van der Waals surface area contributed by atoms with Crippen LogP contribution < -0.4 is 5.32 Å². The molecule has 0 spiro atoms. The number of benzene rings is 1. The predicted octanol–water partition coefficient (Wildman–Crippen LogP) is 3.41. The number of carbonyl (C=O) groups excluding carboxylic acids is 2. The van der Waals surface area contributed by atoms with Gasteiger partial charge in [0, 0.05) is 41.6 Å². The molecular formula is C24H28ClN5O3. The summed E-state index contributed by atoms with van der Waals surface area (Å²) in [7, 11) is 0. The smallest absolute Gasteiger partial charge is 0.244 e. The van der Waals surface area contributed by atoms with Gasteiger partial charge >= 0.3 is 0 Å². The van der Waals surface area contributed by atoms with E-state index in [9.17, 15) is 9.59 Å². The number of nitrogens with zero attached hydrogens (tertiary/aromatic N) is 3. The summed E-state index contributed by atoms with van der Waals surface area (Å²) >= 11 is 6.39. The largest absolute Gasteiger partial charge is 0.372 e. The summed E-state index contributed by atoms with van der Waals surface area (Å²) in [6.45, 7) is 6.45. The molecule has 3 aromatic rings. The van der Waals surface area contributed by atoms with Crippen molar-refractivity contribution in [3.63, 3.8) is 0 Å². The van der Waals surface area contributed by atoms with Gasteiger partial charge in [0.25, 0.3) is 0 Å². The van der Waals surface area contributed by atoms with Crippen molar-refractivity contribution in [1.29, 1.82) is 0 Å². The van der Waals surface area contributed by atoms with Gasteiger partial charge in [0.05, 0.1) is 41.7 Å². The first kappa shape index (κ1) is 22.1. The number of amides is 2. The van der Waals surface area contributed by atoms with Gasteiger partial charge in [-0.1, -0.05) is 11.6 Å². The number of hydrogen-bond acceptors (Lipinski definition) is 5. The van der Waals surface area contributed by atoms with Crippen molar-refractivity contribution in [1.82, 2.24) is 19.8 Å². The van der Waals surface area contributed by atoms with E-state index in [0.29, 0.717) is 17.3 Å². The van der Waals surface area contributed by atoms with Crippen LogP contribution in [0.5, 0.6) is 0 Å². The highest BCUT2D eigenvalue weighted by atomic mass is 35.5. The van der Waals surface area contributed by atoms with Crippen LogP contribution in [0.25, 0.3) is 21.8 Å². The molecule has 2 saturated heterocycles. The second kappa shape index (κ2) is 8.59. The molecule has 0 aliphatic carbocycles. The molecule has 174 valence electrons. The lowest BCUT2D eigenvalue weighted by atomic mass is 10.0. The van der Waals surface area contributed by atoms with Crippen molar-refractivity contribution in [2.45, 2.75) is 38.3 Å². The summed E-state index contributed by atoms with van der Waals surface area (Å²) in [5, 5.41) is 5.46. The topological polar surface area (TPSA) is 90.6 Å². The van der Waals surface area contributed by atoms with Gasteiger partial charge in [-0.3, -0.25) is 19.5 Å². The lowest BCUT2D eigenvalue weighted by Crippen LogP contribution is -2.60. The molecule has 0 radical (unpaired) electrons. The van der Waals surface area contributed by atoms with Gasteiger partial charge in [-0.15, -0.1) is 0 Å². The van der Waals surface area contributed by atoms with E-state index in [1.165, 1.54) is 0 Å². The molecule has 2 aliphatic rings. The van der Waals surface area contributed by atoms with E-state index < -0.39 is 11.6 Å². The summed E-state index contributed by atoms with van der Waals surface area (Å²) in [6.07, 6.45) is 5.55. The molecule has 33 heavy (non-hydrogen) atoms. The highest BCUT2D eigenvalue weighted by molar-refractivity contribution is 6.33. The van der Waals surface area contributed by atoms with Gasteiger partial charge < -0.3 is 19.9 Å². The summed E-state index contributed by atoms with van der Waals surface area (Å²) in [4.78, 5) is 37.6. The summed E-state index contributed by atoms with van der Waals surface area (Å²) in [5.74, 6) is -0.156. The maximum Gasteiger partial charge on any atom is 0.244 e. The third-order valence-corrected chi connectivity index (χ3v) is 6.71. The summed E-state index contributed by atoms with van der Waals surface area (Å²) in [6, 6.07) is 4.94. The Morgan fingerprint density at radius 3 is 2.85 bits per heavy atom. The van der Waals surface area contributed by atoms with Crippen LogP contribution in [0.15, 0.2) is 30.6 Å². The molecule has 0 bridgehead atoms. The Bertz CT molecular complexity index is 1220. The van der Waals surface area contributed by atoms with Gasteiger partial charge in [-0.2, -0.15) is 0 Å². The van der Waals surface area contributed by atoms with E-state index in [1.54, 1.807) is 18.5 Å². The number of aromatic amines is 1. The highest BCUT2D eigenvalue weighted by Gasteiger charge is 2.39. The maximum absolute atomic E-state index is 13.4. The van der Waals surface area contributed by atoms with Gasteiger partial charge in [0.2, 0.25) is 11.8 Å². The molecule has 1 unspecified atom stereocenters. The number of nitrogens with one attached hydrogen (secondary N) is 2. The SMILES string of the molecule is CC1(C)CN(CC(=O)N2CCCC2)C(C(=O)Nc2cc(Cl)cc3c2[nH]c2cnccc23)CO1. The van der Waals surface area contributed by atoms with Crippen molar-refractivity contribution >= 4 is 50.9 Å². The van der Waals surface area contributed by atoms with Crippen molar-refractivity contribution < 1.29 is 14.3 Å². The first-order valence-electron chi connectivity index (χ1n) is 11.3. The Labute approximate surface area is 197 Å². The predicted molar refractivity (Wildman–Crippen MR) is 128 cm³/mol. The number of rotatable bonds is 4. The molecule has 0 saturated carbocycles. The number of ether oxygens (including phenoxy) is 1. The van der Waals surface area contributed by atoms with Gasteiger partial charge in [0.15, 0.2) is 0 Å². The van der Waals surface area contributed by atoms with Crippen LogP contribution in [0.4, 0.5) is 5.69 Å². The number of anilines is 1. The molecule has 9 heteroatoms. The van der Waals surface area contributed by atoms with Crippen molar-refractivity contribution in [2.24, 2.45) is 0 Å². The van der Waals surface area contributed by atoms with Crippen LogP contribution in [0, 0.1) is 0 Å². The fourth-order valence-electron chi connectivity index (χ4n) is 4.83. The number of morpholine rings is 1. The van der Waals surface area contributed by atoms with E-state index in [-0.39, 0.29) is 25.0 Å². The fourth-order valence-corrected chi connectivity index (χ4v) is 5.05. The van der Waals surface area contributed by atoms with Gasteiger partial charge in [0.1, 0.15) is 6.04 Å². The molecule has 1 atom stereocenters. The number of hydrogen-bond donors (Lipinski definition) is 2. The van der Waals surface area contributed by atoms with Crippen molar-refractivity contribution in [3.8, 4) is 0 Å². The molecule has 4 heterocycles. The number of pyridine rings is 1. The number of fused-ring (bicyclic) bond motifs is 3. The Morgan fingerprint density at radius 1 is 1.27 bits per heavy atom. The van der Waals surface area contributed by atoms with Crippen molar-refractivity contribution in [3.05, 3.63) is 35.6 Å².